The van der Waals surface area contributed by atoms with E-state index >= 15 is 0 Å². The van der Waals surface area contributed by atoms with Crippen LogP contribution in [-0.4, -0.2) is 0 Å². The Labute approximate surface area is 100 Å². The fourth-order valence-corrected chi connectivity index (χ4v) is 1.79. The van der Waals surface area contributed by atoms with Crippen LogP contribution in [0.25, 0.3) is 5.76 Å². The molecule has 0 spiro atoms. The van der Waals surface area contributed by atoms with Gasteiger partial charge in [0.25, 0.3) is 6.29 Å². The van der Waals surface area contributed by atoms with Gasteiger partial charge in [-0.1, -0.05) is 60.7 Å². The lowest BCUT2D eigenvalue weighted by atomic mass is 10.2. The lowest BCUT2D eigenvalue weighted by Gasteiger charge is -2.11. The Morgan fingerprint density at radius 2 is 1.41 bits per heavy atom. The van der Waals surface area contributed by atoms with E-state index in [0.29, 0.717) is 0 Å². The summed E-state index contributed by atoms with van der Waals surface area (Å²) in [7, 11) is 0. The molecule has 0 saturated carbocycles. The van der Waals surface area contributed by atoms with Gasteiger partial charge in [0, 0.05) is 11.1 Å². The average Bonchev–Trinajstić information content (AvgIpc) is 2.90. The predicted molar refractivity (Wildman–Crippen MR) is 65.8 cm³/mol. The van der Waals surface area contributed by atoms with E-state index in [4.69, 9.17) is 9.47 Å². The van der Waals surface area contributed by atoms with Crippen LogP contribution in [0.2, 0.25) is 0 Å². The third-order valence-electron chi connectivity index (χ3n) is 2.66. The van der Waals surface area contributed by atoms with Gasteiger partial charge in [0.15, 0.2) is 5.76 Å². The second kappa shape index (κ2) is 4.34. The van der Waals surface area contributed by atoms with E-state index in [1.165, 1.54) is 0 Å². The maximum Gasteiger partial charge on any atom is 0.267 e. The maximum atomic E-state index is 5.77. The van der Waals surface area contributed by atoms with E-state index in [1.807, 2.05) is 60.7 Å². The van der Waals surface area contributed by atoms with Crippen LogP contribution in [0, 0.1) is 0 Å². The highest BCUT2D eigenvalue weighted by Crippen LogP contribution is 2.33. The van der Waals surface area contributed by atoms with Crippen molar-refractivity contribution >= 4 is 5.76 Å². The Morgan fingerprint density at radius 1 is 0.765 bits per heavy atom. The Hall–Kier alpha value is -2.22. The smallest absolute Gasteiger partial charge is 0.267 e. The Bertz CT molecular complexity index is 517. The zero-order valence-electron chi connectivity index (χ0n) is 9.24. The summed E-state index contributed by atoms with van der Waals surface area (Å²) in [5.41, 5.74) is 2.06. The molecule has 0 amide bonds. The van der Waals surface area contributed by atoms with Crippen LogP contribution in [0.4, 0.5) is 0 Å². The minimum absolute atomic E-state index is 0.327. The van der Waals surface area contributed by atoms with Crippen molar-refractivity contribution in [1.82, 2.24) is 0 Å². The fraction of sp³-hybridized carbons (Fsp3) is 0.0667. The number of hydrogen-bond acceptors (Lipinski definition) is 2. The topological polar surface area (TPSA) is 18.5 Å². The summed E-state index contributed by atoms with van der Waals surface area (Å²) in [5.74, 6) is 0.777. The molecule has 2 aromatic rings. The molecule has 1 aliphatic rings. The minimum Gasteiger partial charge on any atom is -0.454 e. The molecule has 0 aliphatic carbocycles. The molecule has 0 radical (unpaired) electrons. The van der Waals surface area contributed by atoms with E-state index in [1.54, 1.807) is 6.26 Å². The zero-order valence-corrected chi connectivity index (χ0v) is 9.24. The summed E-state index contributed by atoms with van der Waals surface area (Å²) in [6.45, 7) is 0. The highest BCUT2D eigenvalue weighted by atomic mass is 16.7. The third kappa shape index (κ3) is 2.02. The van der Waals surface area contributed by atoms with E-state index < -0.39 is 0 Å². The largest absolute Gasteiger partial charge is 0.454 e. The van der Waals surface area contributed by atoms with Crippen LogP contribution in [0.3, 0.4) is 0 Å². The first-order valence-electron chi connectivity index (χ1n) is 5.56. The molecule has 1 heterocycles. The molecule has 1 atom stereocenters. The molecule has 0 bridgehead atoms. The van der Waals surface area contributed by atoms with Gasteiger partial charge in [-0.15, -0.1) is 0 Å². The first-order valence-corrected chi connectivity index (χ1v) is 5.56. The summed E-state index contributed by atoms with van der Waals surface area (Å²) in [4.78, 5) is 0. The standard InChI is InChI=1S/C15H12O2/c1-3-7-12(8-4-1)14-11-16-15(17-14)13-9-5-2-6-10-13/h1-11,15H. The number of hydrogen-bond donors (Lipinski definition) is 0. The molecule has 0 fully saturated rings. The van der Waals surface area contributed by atoms with Gasteiger partial charge in [0.2, 0.25) is 0 Å². The molecule has 2 aromatic carbocycles. The van der Waals surface area contributed by atoms with Gasteiger partial charge < -0.3 is 9.47 Å². The highest BCUT2D eigenvalue weighted by Gasteiger charge is 2.21. The third-order valence-corrected chi connectivity index (χ3v) is 2.66. The summed E-state index contributed by atoms with van der Waals surface area (Å²) in [5, 5.41) is 0. The molecule has 1 aliphatic heterocycles. The first-order chi connectivity index (χ1) is 8.43. The normalized spacial score (nSPS) is 18.1. The predicted octanol–water partition coefficient (Wildman–Crippen LogP) is 3.73. The summed E-state index contributed by atoms with van der Waals surface area (Å²) in [6, 6.07) is 19.9. The molecule has 84 valence electrons. The van der Waals surface area contributed by atoms with E-state index in [2.05, 4.69) is 0 Å². The van der Waals surface area contributed by atoms with Crippen molar-refractivity contribution in [3.05, 3.63) is 78.1 Å². The molecule has 17 heavy (non-hydrogen) atoms. The lowest BCUT2D eigenvalue weighted by Crippen LogP contribution is -1.98. The van der Waals surface area contributed by atoms with Crippen molar-refractivity contribution in [2.45, 2.75) is 6.29 Å². The van der Waals surface area contributed by atoms with E-state index in [-0.39, 0.29) is 6.29 Å². The number of benzene rings is 2. The van der Waals surface area contributed by atoms with Gasteiger partial charge in [-0.3, -0.25) is 0 Å². The molecule has 0 saturated heterocycles. The minimum atomic E-state index is -0.327. The average molecular weight is 224 g/mol. The summed E-state index contributed by atoms with van der Waals surface area (Å²) >= 11 is 0. The number of rotatable bonds is 2. The van der Waals surface area contributed by atoms with Crippen LogP contribution in [-0.2, 0) is 9.47 Å². The second-order valence-corrected chi connectivity index (χ2v) is 3.84. The quantitative estimate of drug-likeness (QED) is 0.773. The SMILES string of the molecule is C1=C(c2ccccc2)OC(c2ccccc2)O1. The molecule has 0 N–H and O–H groups in total. The van der Waals surface area contributed by atoms with Gasteiger partial charge in [-0.05, 0) is 0 Å². The Balaban J connectivity index is 1.78. The molecule has 2 nitrogen and oxygen atoms in total. The maximum absolute atomic E-state index is 5.77. The van der Waals surface area contributed by atoms with Crippen LogP contribution >= 0.6 is 0 Å². The van der Waals surface area contributed by atoms with Gasteiger partial charge >= 0.3 is 0 Å². The molecule has 3 rings (SSSR count). The second-order valence-electron chi connectivity index (χ2n) is 3.84. The molecular weight excluding hydrogens is 212 g/mol. The fourth-order valence-electron chi connectivity index (χ4n) is 1.79. The lowest BCUT2D eigenvalue weighted by molar-refractivity contribution is -0.0170. The van der Waals surface area contributed by atoms with Crippen molar-refractivity contribution < 1.29 is 9.47 Å². The molecular formula is C15H12O2. The van der Waals surface area contributed by atoms with Crippen molar-refractivity contribution in [2.75, 3.05) is 0 Å². The summed E-state index contributed by atoms with van der Waals surface area (Å²) in [6.07, 6.45) is 1.35. The van der Waals surface area contributed by atoms with Crippen LogP contribution in [0.5, 0.6) is 0 Å². The number of ether oxygens (including phenoxy) is 2. The van der Waals surface area contributed by atoms with Gasteiger partial charge in [-0.2, -0.15) is 0 Å². The van der Waals surface area contributed by atoms with E-state index in [0.717, 1.165) is 16.9 Å². The van der Waals surface area contributed by atoms with Crippen LogP contribution in [0.1, 0.15) is 17.4 Å². The Kier molecular flexibility index (Phi) is 2.54. The van der Waals surface area contributed by atoms with Gasteiger partial charge in [0.1, 0.15) is 6.26 Å². The highest BCUT2D eigenvalue weighted by molar-refractivity contribution is 5.59. The van der Waals surface area contributed by atoms with E-state index in [9.17, 15) is 0 Å². The molecule has 2 heteroatoms. The molecule has 0 aromatic heterocycles. The molecule has 1 unspecified atom stereocenters. The first kappa shape index (κ1) is 9.97. The zero-order chi connectivity index (χ0) is 11.5. The summed E-state index contributed by atoms with van der Waals surface area (Å²) < 4.78 is 11.3. The van der Waals surface area contributed by atoms with Crippen molar-refractivity contribution in [3.63, 3.8) is 0 Å². The van der Waals surface area contributed by atoms with Crippen LogP contribution in [0.15, 0.2) is 66.9 Å². The van der Waals surface area contributed by atoms with Crippen molar-refractivity contribution in [1.29, 1.82) is 0 Å². The Morgan fingerprint density at radius 3 is 2.12 bits per heavy atom. The van der Waals surface area contributed by atoms with Crippen molar-refractivity contribution in [2.24, 2.45) is 0 Å². The van der Waals surface area contributed by atoms with Crippen LogP contribution < -0.4 is 0 Å². The van der Waals surface area contributed by atoms with Gasteiger partial charge in [0.05, 0.1) is 0 Å². The van der Waals surface area contributed by atoms with Crippen molar-refractivity contribution in [3.8, 4) is 0 Å². The van der Waals surface area contributed by atoms with Gasteiger partial charge in [-0.25, -0.2) is 0 Å². The monoisotopic (exact) mass is 224 g/mol.